The molecule has 16 unspecified atom stereocenters. The lowest BCUT2D eigenvalue weighted by Gasteiger charge is -2.44. The smallest absolute Gasteiger partial charge is 0.333 e. The van der Waals surface area contributed by atoms with Crippen molar-refractivity contribution in [1.29, 1.82) is 0 Å². The molecule has 332 valence electrons. The minimum absolute atomic E-state index is 0.0329. The van der Waals surface area contributed by atoms with E-state index in [0.717, 1.165) is 12.8 Å². The molecule has 1 saturated carbocycles. The molecule has 2 saturated heterocycles. The van der Waals surface area contributed by atoms with Crippen LogP contribution in [0.2, 0.25) is 0 Å². The minimum atomic E-state index is -3.79. The molecule has 3 rings (SSSR count). The van der Waals surface area contributed by atoms with Crippen molar-refractivity contribution in [2.45, 2.75) is 177 Å². The van der Waals surface area contributed by atoms with Gasteiger partial charge in [-0.3, -0.25) is 4.57 Å². The van der Waals surface area contributed by atoms with E-state index in [4.69, 9.17) is 37.7 Å². The number of hydrogen-bond donors (Lipinski definition) is 10. The summed E-state index contributed by atoms with van der Waals surface area (Å²) in [6.45, 7) is 10.8. The van der Waals surface area contributed by atoms with Gasteiger partial charge in [0, 0.05) is 25.7 Å². The van der Waals surface area contributed by atoms with E-state index >= 15 is 0 Å². The highest BCUT2D eigenvalue weighted by Gasteiger charge is 2.49. The first kappa shape index (κ1) is 49.9. The number of hydrogen-bond acceptors (Lipinski definition) is 18. The summed E-state index contributed by atoms with van der Waals surface area (Å²) in [5.41, 5.74) is -0.225. The zero-order chi connectivity index (χ0) is 42.0. The van der Waals surface area contributed by atoms with E-state index in [1.807, 2.05) is 20.8 Å². The van der Waals surface area contributed by atoms with Crippen LogP contribution in [-0.4, -0.2) is 194 Å². The van der Waals surface area contributed by atoms with Crippen LogP contribution in [-0.2, 0) is 42.2 Å². The van der Waals surface area contributed by atoms with E-state index in [2.05, 4.69) is 0 Å². The Morgan fingerprint density at radius 3 is 1.62 bits per heavy atom. The van der Waals surface area contributed by atoms with E-state index in [1.54, 1.807) is 20.8 Å². The predicted molar refractivity (Wildman–Crippen MR) is 196 cm³/mol. The van der Waals surface area contributed by atoms with Gasteiger partial charge in [-0.15, -0.1) is 0 Å². The van der Waals surface area contributed by atoms with Gasteiger partial charge in [0.05, 0.1) is 49.4 Å². The number of aliphatic hydroxyl groups is 9. The highest BCUT2D eigenvalue weighted by atomic mass is 31.2. The van der Waals surface area contributed by atoms with Gasteiger partial charge in [0.25, 0.3) is 0 Å². The third-order valence-corrected chi connectivity index (χ3v) is 12.3. The van der Waals surface area contributed by atoms with Crippen LogP contribution in [0.4, 0.5) is 0 Å². The highest BCUT2D eigenvalue weighted by molar-refractivity contribution is 7.54. The predicted octanol–water partition coefficient (Wildman–Crippen LogP) is -1.09. The van der Waals surface area contributed by atoms with Crippen LogP contribution in [0, 0.1) is 5.92 Å². The fraction of sp³-hybridized carbons (Fsp3) is 1.00. The second-order valence-corrected chi connectivity index (χ2v) is 19.5. The average Bonchev–Trinajstić information content (AvgIpc) is 3.12. The first-order valence-electron chi connectivity index (χ1n) is 19.5. The van der Waals surface area contributed by atoms with Crippen molar-refractivity contribution in [3.8, 4) is 0 Å². The van der Waals surface area contributed by atoms with Crippen molar-refractivity contribution < 1.29 is 93.1 Å². The average molecular weight is 837 g/mol. The first-order chi connectivity index (χ1) is 26.1. The number of rotatable bonds is 21. The number of unbranched alkanes of at least 4 members (excludes halogenated alkanes) is 3. The van der Waals surface area contributed by atoms with E-state index in [0.29, 0.717) is 32.5 Å². The Hall–Kier alpha value is -0.490. The summed E-state index contributed by atoms with van der Waals surface area (Å²) in [7, 11) is -3.79. The van der Waals surface area contributed by atoms with Gasteiger partial charge in [0.15, 0.2) is 12.6 Å². The van der Waals surface area contributed by atoms with Gasteiger partial charge in [-0.2, -0.15) is 0 Å². The monoisotopic (exact) mass is 836 g/mol. The molecule has 0 spiro atoms. The zero-order valence-electron chi connectivity index (χ0n) is 33.4. The molecule has 0 aromatic carbocycles. The Balaban J connectivity index is 1.47. The molecular weight excluding hydrogens is 767 g/mol. The molecule has 19 nitrogen and oxygen atoms in total. The number of ether oxygens (including phenoxy) is 7. The Kier molecular flexibility index (Phi) is 19.9. The first-order valence-corrected chi connectivity index (χ1v) is 21.1. The molecule has 56 heavy (non-hydrogen) atoms. The lowest BCUT2D eigenvalue weighted by atomic mass is 9.81. The minimum Gasteiger partial charge on any atom is -0.390 e. The molecule has 0 radical (unpaired) electrons. The van der Waals surface area contributed by atoms with Crippen molar-refractivity contribution in [2.75, 3.05) is 46.2 Å². The zero-order valence-corrected chi connectivity index (χ0v) is 34.3. The second kappa shape index (κ2) is 22.4. The molecule has 0 amide bonds. The van der Waals surface area contributed by atoms with Gasteiger partial charge in [0.2, 0.25) is 0 Å². The Labute approximate surface area is 329 Å². The van der Waals surface area contributed by atoms with Gasteiger partial charge < -0.3 is 88.5 Å². The molecule has 2 heterocycles. The molecule has 1 aliphatic carbocycles. The van der Waals surface area contributed by atoms with Crippen molar-refractivity contribution in [1.82, 2.24) is 0 Å². The van der Waals surface area contributed by atoms with Crippen LogP contribution in [0.15, 0.2) is 0 Å². The van der Waals surface area contributed by atoms with E-state index in [1.165, 1.54) is 0 Å². The fourth-order valence-corrected chi connectivity index (χ4v) is 7.05. The van der Waals surface area contributed by atoms with Crippen LogP contribution in [0.1, 0.15) is 80.1 Å². The molecule has 2 aliphatic heterocycles. The third-order valence-electron chi connectivity index (χ3n) is 10.1. The SMILES string of the molecule is CC(C)(C)OCCCCCOC1CC(COC2OC(COC3OC(COCCCCOP(=O)(O)C(C)(C)C)C(O)C(O)C3O)C(O)C(O)C2O)C(O)C(O)C1O. The fourth-order valence-electron chi connectivity index (χ4n) is 6.28. The lowest BCUT2D eigenvalue weighted by Crippen LogP contribution is -2.62. The van der Waals surface area contributed by atoms with Gasteiger partial charge in [-0.05, 0) is 80.1 Å². The Morgan fingerprint density at radius 1 is 0.554 bits per heavy atom. The van der Waals surface area contributed by atoms with Crippen LogP contribution in [0.5, 0.6) is 0 Å². The van der Waals surface area contributed by atoms with Crippen LogP contribution in [0.25, 0.3) is 0 Å². The van der Waals surface area contributed by atoms with Crippen LogP contribution >= 0.6 is 7.60 Å². The maximum absolute atomic E-state index is 12.2. The molecule has 0 aromatic heterocycles. The maximum Gasteiger partial charge on any atom is 0.333 e. The Bertz CT molecular complexity index is 1170. The molecule has 10 N–H and O–H groups in total. The van der Waals surface area contributed by atoms with E-state index in [-0.39, 0.29) is 38.4 Å². The highest BCUT2D eigenvalue weighted by Crippen LogP contribution is 2.54. The third kappa shape index (κ3) is 14.6. The quantitative estimate of drug-likeness (QED) is 0.0485. The topological polar surface area (TPSA) is 293 Å². The summed E-state index contributed by atoms with van der Waals surface area (Å²) in [6.07, 6.45) is -17.6. The van der Waals surface area contributed by atoms with Crippen LogP contribution in [0.3, 0.4) is 0 Å². The largest absolute Gasteiger partial charge is 0.390 e. The van der Waals surface area contributed by atoms with Gasteiger partial charge in [0.1, 0.15) is 61.0 Å². The van der Waals surface area contributed by atoms with Gasteiger partial charge >= 0.3 is 7.60 Å². The second-order valence-electron chi connectivity index (χ2n) is 16.9. The normalized spacial score (nSPS) is 38.4. The lowest BCUT2D eigenvalue weighted by molar-refractivity contribution is -0.334. The maximum atomic E-state index is 12.2. The molecule has 3 fully saturated rings. The summed E-state index contributed by atoms with van der Waals surface area (Å²) < 4.78 is 57.2. The van der Waals surface area contributed by atoms with Gasteiger partial charge in [-0.1, -0.05) is 0 Å². The van der Waals surface area contributed by atoms with Crippen molar-refractivity contribution in [3.63, 3.8) is 0 Å². The van der Waals surface area contributed by atoms with E-state index in [9.17, 15) is 55.4 Å². The van der Waals surface area contributed by atoms with Crippen LogP contribution < -0.4 is 0 Å². The van der Waals surface area contributed by atoms with Crippen molar-refractivity contribution in [2.24, 2.45) is 5.92 Å². The Morgan fingerprint density at radius 2 is 1.05 bits per heavy atom. The molecule has 0 aromatic rings. The number of aliphatic hydroxyl groups excluding tert-OH is 9. The summed E-state index contributed by atoms with van der Waals surface area (Å²) in [5.74, 6) is -0.771. The summed E-state index contributed by atoms with van der Waals surface area (Å²) in [4.78, 5) is 9.99. The molecule has 0 bridgehead atoms. The molecule has 20 heteroatoms. The summed E-state index contributed by atoms with van der Waals surface area (Å²) in [5, 5.41) is 94.2. The van der Waals surface area contributed by atoms with Crippen molar-refractivity contribution in [3.05, 3.63) is 0 Å². The van der Waals surface area contributed by atoms with Gasteiger partial charge in [-0.25, -0.2) is 0 Å². The van der Waals surface area contributed by atoms with E-state index < -0.39 is 111 Å². The van der Waals surface area contributed by atoms with Crippen molar-refractivity contribution >= 4 is 7.60 Å². The molecular formula is C36H69O19P. The summed E-state index contributed by atoms with van der Waals surface area (Å²) >= 11 is 0. The molecule has 3 aliphatic rings. The molecule has 16 atom stereocenters. The summed E-state index contributed by atoms with van der Waals surface area (Å²) in [6, 6.07) is 0. The standard InChI is InChI=1S/C36H69O19P/c1-35(2,3)52-14-9-7-8-13-49-21-16-20(24(37)28(41)25(21)38)17-50-33-31(44)30(43)27(40)23(55-33)19-51-34-32(45)29(42)26(39)22(54-34)18-48-12-10-11-15-53-56(46,47)36(4,5)6/h20-34,37-45H,7-19H2,1-6H3,(H,46,47).